The summed E-state index contributed by atoms with van der Waals surface area (Å²) < 4.78 is 9.83. The van der Waals surface area contributed by atoms with Crippen LogP contribution in [0.15, 0.2) is 36.4 Å². The van der Waals surface area contributed by atoms with Gasteiger partial charge in [0.2, 0.25) is 0 Å². The van der Waals surface area contributed by atoms with Gasteiger partial charge in [0.15, 0.2) is 0 Å². The Morgan fingerprint density at radius 1 is 1.23 bits per heavy atom. The third-order valence-electron chi connectivity index (χ3n) is 3.12. The van der Waals surface area contributed by atoms with Crippen molar-refractivity contribution in [3.05, 3.63) is 52.5 Å². The first-order valence-electron chi connectivity index (χ1n) is 6.58. The lowest BCUT2D eigenvalue weighted by Gasteiger charge is -2.11. The maximum absolute atomic E-state index is 11.4. The molecule has 0 amide bonds. The zero-order valence-electron chi connectivity index (χ0n) is 12.4. The van der Waals surface area contributed by atoms with E-state index in [4.69, 9.17) is 22.1 Å². The highest BCUT2D eigenvalue weighted by atomic mass is 35.5. The van der Waals surface area contributed by atoms with Crippen molar-refractivity contribution in [2.75, 3.05) is 25.3 Å². The van der Waals surface area contributed by atoms with Crippen LogP contribution in [0.3, 0.4) is 0 Å². The normalized spacial score (nSPS) is 10.1. The summed E-state index contributed by atoms with van der Waals surface area (Å²) >= 11 is 6.03. The average molecular weight is 321 g/mol. The number of carbonyl (C=O) groups is 1. The number of methoxy groups -OCH3 is 2. The average Bonchev–Trinajstić information content (AvgIpc) is 2.52. The number of esters is 1. The number of anilines is 2. The summed E-state index contributed by atoms with van der Waals surface area (Å²) in [5, 5.41) is 3.80. The van der Waals surface area contributed by atoms with Crippen molar-refractivity contribution in [1.82, 2.24) is 0 Å². The van der Waals surface area contributed by atoms with Crippen LogP contribution >= 0.6 is 11.6 Å². The van der Waals surface area contributed by atoms with E-state index in [0.29, 0.717) is 28.6 Å². The molecule has 0 saturated heterocycles. The molecule has 6 heteroatoms. The van der Waals surface area contributed by atoms with Crippen LogP contribution in [0, 0.1) is 0 Å². The van der Waals surface area contributed by atoms with Crippen molar-refractivity contribution in [3.8, 4) is 5.75 Å². The van der Waals surface area contributed by atoms with Crippen molar-refractivity contribution in [2.24, 2.45) is 0 Å². The number of hydrogen-bond donors (Lipinski definition) is 2. The van der Waals surface area contributed by atoms with E-state index in [2.05, 4.69) is 10.1 Å². The van der Waals surface area contributed by atoms with Crippen LogP contribution in [0.4, 0.5) is 11.4 Å². The standard InChI is InChI=1S/C16H17ClN2O3/c1-21-13-6-10(5-12(17)8-13)9-19-15-4-3-11(7-14(15)18)16(20)22-2/h3-8,19H,9,18H2,1-2H3. The second-order valence-corrected chi connectivity index (χ2v) is 5.08. The highest BCUT2D eigenvalue weighted by molar-refractivity contribution is 6.30. The van der Waals surface area contributed by atoms with Gasteiger partial charge in [0.05, 0.1) is 31.2 Å². The summed E-state index contributed by atoms with van der Waals surface area (Å²) in [7, 11) is 2.92. The Labute approximate surface area is 134 Å². The molecular weight excluding hydrogens is 304 g/mol. The number of ether oxygens (including phenoxy) is 2. The predicted octanol–water partition coefficient (Wildman–Crippen LogP) is 3.33. The van der Waals surface area contributed by atoms with Crippen LogP contribution in [0.2, 0.25) is 5.02 Å². The molecule has 0 aromatic heterocycles. The third kappa shape index (κ3) is 3.83. The van der Waals surface area contributed by atoms with Crippen LogP contribution in [0.1, 0.15) is 15.9 Å². The molecule has 2 aromatic carbocycles. The lowest BCUT2D eigenvalue weighted by atomic mass is 10.1. The predicted molar refractivity (Wildman–Crippen MR) is 87.5 cm³/mol. The summed E-state index contributed by atoms with van der Waals surface area (Å²) in [5.74, 6) is 0.274. The molecule has 0 bridgehead atoms. The third-order valence-corrected chi connectivity index (χ3v) is 3.34. The summed E-state index contributed by atoms with van der Waals surface area (Å²) in [5.41, 5.74) is 8.51. The second-order valence-electron chi connectivity index (χ2n) is 4.65. The van der Waals surface area contributed by atoms with Gasteiger partial charge in [-0.1, -0.05) is 11.6 Å². The first kappa shape index (κ1) is 16.0. The second kappa shape index (κ2) is 7.04. The Bertz CT molecular complexity index is 689. The van der Waals surface area contributed by atoms with Gasteiger partial charge in [-0.2, -0.15) is 0 Å². The molecule has 2 rings (SSSR count). The van der Waals surface area contributed by atoms with E-state index in [1.807, 2.05) is 12.1 Å². The molecular formula is C16H17ClN2O3. The van der Waals surface area contributed by atoms with Gasteiger partial charge in [0, 0.05) is 11.6 Å². The molecule has 3 N–H and O–H groups in total. The van der Waals surface area contributed by atoms with E-state index in [0.717, 1.165) is 11.3 Å². The van der Waals surface area contributed by atoms with Crippen LogP contribution in [0.25, 0.3) is 0 Å². The smallest absolute Gasteiger partial charge is 0.337 e. The van der Waals surface area contributed by atoms with Crippen molar-refractivity contribution >= 4 is 28.9 Å². The van der Waals surface area contributed by atoms with Crippen LogP contribution in [-0.2, 0) is 11.3 Å². The lowest BCUT2D eigenvalue weighted by Crippen LogP contribution is -2.06. The first-order chi connectivity index (χ1) is 10.5. The van der Waals surface area contributed by atoms with Gasteiger partial charge in [0.1, 0.15) is 5.75 Å². The number of nitrogens with two attached hydrogens (primary N) is 1. The van der Waals surface area contributed by atoms with Gasteiger partial charge in [-0.05, 0) is 42.0 Å². The molecule has 116 valence electrons. The fourth-order valence-corrected chi connectivity index (χ4v) is 2.25. The molecule has 0 aliphatic rings. The molecule has 0 fully saturated rings. The van der Waals surface area contributed by atoms with E-state index in [1.54, 1.807) is 31.4 Å². The van der Waals surface area contributed by atoms with Gasteiger partial charge in [-0.15, -0.1) is 0 Å². The van der Waals surface area contributed by atoms with Crippen molar-refractivity contribution in [1.29, 1.82) is 0 Å². The van der Waals surface area contributed by atoms with E-state index in [9.17, 15) is 4.79 Å². The molecule has 0 saturated carbocycles. The van der Waals surface area contributed by atoms with Crippen molar-refractivity contribution in [2.45, 2.75) is 6.54 Å². The molecule has 0 atom stereocenters. The molecule has 0 radical (unpaired) electrons. The van der Waals surface area contributed by atoms with Gasteiger partial charge in [-0.3, -0.25) is 0 Å². The summed E-state index contributed by atoms with van der Waals surface area (Å²) in [6.07, 6.45) is 0. The molecule has 0 spiro atoms. The highest BCUT2D eigenvalue weighted by Gasteiger charge is 2.08. The van der Waals surface area contributed by atoms with Gasteiger partial charge in [0.25, 0.3) is 0 Å². The summed E-state index contributed by atoms with van der Waals surface area (Å²) in [6.45, 7) is 0.526. The number of nitrogens with one attached hydrogen (secondary N) is 1. The SMILES string of the molecule is COC(=O)c1ccc(NCc2cc(Cl)cc(OC)c2)c(N)c1. The van der Waals surface area contributed by atoms with Gasteiger partial charge >= 0.3 is 5.97 Å². The molecule has 0 unspecified atom stereocenters. The van der Waals surface area contributed by atoms with Crippen LogP contribution in [-0.4, -0.2) is 20.2 Å². The molecule has 5 nitrogen and oxygen atoms in total. The Morgan fingerprint density at radius 3 is 2.64 bits per heavy atom. The Kier molecular flexibility index (Phi) is 5.12. The molecule has 0 aliphatic heterocycles. The van der Waals surface area contributed by atoms with Crippen molar-refractivity contribution in [3.63, 3.8) is 0 Å². The number of nitrogen functional groups attached to an aromatic ring is 1. The van der Waals surface area contributed by atoms with E-state index < -0.39 is 5.97 Å². The first-order valence-corrected chi connectivity index (χ1v) is 6.96. The minimum atomic E-state index is -0.419. The quantitative estimate of drug-likeness (QED) is 0.653. The minimum Gasteiger partial charge on any atom is -0.497 e. The molecule has 0 heterocycles. The Morgan fingerprint density at radius 2 is 2.00 bits per heavy atom. The van der Waals surface area contributed by atoms with Crippen LogP contribution < -0.4 is 15.8 Å². The largest absolute Gasteiger partial charge is 0.497 e. The molecule has 22 heavy (non-hydrogen) atoms. The number of halogens is 1. The zero-order chi connectivity index (χ0) is 16.1. The summed E-state index contributed by atoms with van der Waals surface area (Å²) in [6, 6.07) is 10.4. The fourth-order valence-electron chi connectivity index (χ4n) is 2.01. The number of carbonyl (C=O) groups excluding carboxylic acids is 1. The number of hydrogen-bond acceptors (Lipinski definition) is 5. The highest BCUT2D eigenvalue weighted by Crippen LogP contribution is 2.24. The maximum atomic E-state index is 11.4. The topological polar surface area (TPSA) is 73.6 Å². The van der Waals surface area contributed by atoms with Gasteiger partial charge in [-0.25, -0.2) is 4.79 Å². The Hall–Kier alpha value is -2.40. The summed E-state index contributed by atoms with van der Waals surface area (Å²) in [4.78, 5) is 11.4. The minimum absolute atomic E-state index is 0.412. The van der Waals surface area contributed by atoms with Crippen molar-refractivity contribution < 1.29 is 14.3 Å². The fraction of sp³-hybridized carbons (Fsp3) is 0.188. The van der Waals surface area contributed by atoms with E-state index >= 15 is 0 Å². The van der Waals surface area contributed by atoms with E-state index in [1.165, 1.54) is 7.11 Å². The Balaban J connectivity index is 2.11. The molecule has 0 aliphatic carbocycles. The monoisotopic (exact) mass is 320 g/mol. The zero-order valence-corrected chi connectivity index (χ0v) is 13.1. The maximum Gasteiger partial charge on any atom is 0.337 e. The number of benzene rings is 2. The van der Waals surface area contributed by atoms with Crippen LogP contribution in [0.5, 0.6) is 5.75 Å². The van der Waals surface area contributed by atoms with Gasteiger partial charge < -0.3 is 20.5 Å². The molecule has 2 aromatic rings. The number of rotatable bonds is 5. The lowest BCUT2D eigenvalue weighted by molar-refractivity contribution is 0.0601. The van der Waals surface area contributed by atoms with E-state index in [-0.39, 0.29) is 0 Å².